The van der Waals surface area contributed by atoms with Gasteiger partial charge in [0, 0.05) is 44.0 Å². The van der Waals surface area contributed by atoms with Crippen molar-refractivity contribution >= 4 is 5.69 Å². The molecule has 1 aromatic rings. The maximum Gasteiger partial charge on any atom is 0.194 e. The summed E-state index contributed by atoms with van der Waals surface area (Å²) in [4.78, 5) is 4.71. The molecule has 5 fully saturated rings. The van der Waals surface area contributed by atoms with E-state index in [2.05, 4.69) is 61.9 Å². The van der Waals surface area contributed by atoms with Crippen LogP contribution in [0, 0.1) is 17.8 Å². The van der Waals surface area contributed by atoms with Crippen LogP contribution in [0.5, 0.6) is 0 Å². The molecule has 11 atom stereocenters. The minimum Gasteiger partial charge on any atom is -0.392 e. The van der Waals surface area contributed by atoms with Gasteiger partial charge in [0.1, 0.15) is 18.7 Å². The molecule has 0 radical (unpaired) electrons. The van der Waals surface area contributed by atoms with Crippen molar-refractivity contribution in [3.63, 3.8) is 0 Å². The lowest BCUT2D eigenvalue weighted by atomic mass is 9.60. The van der Waals surface area contributed by atoms with Gasteiger partial charge in [-0.15, -0.1) is 0 Å². The molecule has 182 valence electrons. The number of aliphatic hydroxyl groups is 3. The lowest BCUT2D eigenvalue weighted by molar-refractivity contribution is -1.04. The van der Waals surface area contributed by atoms with Gasteiger partial charge in [-0.3, -0.25) is 4.48 Å². The maximum atomic E-state index is 12.1. The van der Waals surface area contributed by atoms with E-state index in [4.69, 9.17) is 0 Å². The molecule has 1 aromatic carbocycles. The molecule has 5 bridgehead atoms. The molecule has 0 amide bonds. The fraction of sp³-hybridized carbons (Fsp3) is 0.778. The first kappa shape index (κ1) is 22.3. The lowest BCUT2D eigenvalue weighted by Crippen LogP contribution is -2.84. The molecule has 5 aliphatic heterocycles. The molecule has 3 N–H and O–H groups in total. The molecule has 6 heteroatoms. The van der Waals surface area contributed by atoms with Crippen LogP contribution < -0.4 is 4.90 Å². The lowest BCUT2D eigenvalue weighted by Gasteiger charge is -2.68. The average molecular weight is 457 g/mol. The first-order valence-electron chi connectivity index (χ1n) is 13.3. The van der Waals surface area contributed by atoms with Gasteiger partial charge in [-0.1, -0.05) is 39.0 Å². The van der Waals surface area contributed by atoms with Gasteiger partial charge in [-0.2, -0.15) is 0 Å². The quantitative estimate of drug-likeness (QED) is 0.546. The molecule has 5 heterocycles. The van der Waals surface area contributed by atoms with E-state index in [0.717, 1.165) is 32.4 Å². The molecule has 1 spiro atoms. The number of quaternary nitrogens is 1. The summed E-state index contributed by atoms with van der Waals surface area (Å²) >= 11 is 0. The highest BCUT2D eigenvalue weighted by Gasteiger charge is 2.83. The molecular formula is C27H42N3O3+. The summed E-state index contributed by atoms with van der Waals surface area (Å²) in [6.45, 7) is 9.58. The van der Waals surface area contributed by atoms with E-state index in [0.29, 0.717) is 23.5 Å². The topological polar surface area (TPSA) is 67.2 Å². The Kier molecular flexibility index (Phi) is 5.01. The number of likely N-dealkylation sites (N-methyl/N-ethyl adjacent to an activating group) is 2. The third-order valence-corrected chi connectivity index (χ3v) is 11.0. The zero-order chi connectivity index (χ0) is 23.3. The van der Waals surface area contributed by atoms with E-state index >= 15 is 0 Å². The number of hydrogen-bond acceptors (Lipinski definition) is 5. The van der Waals surface area contributed by atoms with Gasteiger partial charge in [0.25, 0.3) is 0 Å². The van der Waals surface area contributed by atoms with E-state index in [9.17, 15) is 15.3 Å². The number of hydrogen-bond donors (Lipinski definition) is 3. The van der Waals surface area contributed by atoms with Crippen LogP contribution in [0.1, 0.15) is 45.6 Å². The van der Waals surface area contributed by atoms with E-state index in [1.165, 1.54) is 11.3 Å². The van der Waals surface area contributed by atoms with Crippen LogP contribution in [0.2, 0.25) is 0 Å². The molecule has 2 unspecified atom stereocenters. The third-order valence-electron chi connectivity index (χ3n) is 11.0. The van der Waals surface area contributed by atoms with Crippen molar-refractivity contribution in [2.45, 2.75) is 82.0 Å². The minimum atomic E-state index is -0.478. The van der Waals surface area contributed by atoms with Crippen LogP contribution in [0.15, 0.2) is 24.3 Å². The summed E-state index contributed by atoms with van der Waals surface area (Å²) in [6.07, 6.45) is 1.60. The Morgan fingerprint density at radius 2 is 1.88 bits per heavy atom. The monoisotopic (exact) mass is 456 g/mol. The first-order chi connectivity index (χ1) is 15.9. The van der Waals surface area contributed by atoms with Gasteiger partial charge < -0.3 is 25.1 Å². The SMILES string of the molecule is CC[C@H]1[C@@H]2C[C@H]3[C@@H]4N(C)c5ccccc5[C@]45C[C@@H]([C@H]2[C@H]5O)[N+]3(CC(O)CN(CC)CC)[C@@H]1O. The summed E-state index contributed by atoms with van der Waals surface area (Å²) in [5.41, 5.74) is 2.32. The van der Waals surface area contributed by atoms with Gasteiger partial charge in [0.15, 0.2) is 6.23 Å². The second-order valence-electron chi connectivity index (χ2n) is 11.7. The van der Waals surface area contributed by atoms with Crippen molar-refractivity contribution in [1.82, 2.24) is 4.90 Å². The Balaban J connectivity index is 1.48. The molecule has 0 aromatic heterocycles. The molecule has 6 aliphatic rings. The Labute approximate surface area is 198 Å². The molecule has 1 aliphatic carbocycles. The fourth-order valence-corrected chi connectivity index (χ4v) is 9.96. The Morgan fingerprint density at radius 1 is 1.15 bits per heavy atom. The molecule has 4 saturated heterocycles. The highest BCUT2D eigenvalue weighted by Crippen LogP contribution is 2.71. The van der Waals surface area contributed by atoms with Crippen molar-refractivity contribution in [1.29, 1.82) is 0 Å². The van der Waals surface area contributed by atoms with Crippen LogP contribution in [0.4, 0.5) is 5.69 Å². The molecule has 6 nitrogen and oxygen atoms in total. The molecule has 7 rings (SSSR count). The van der Waals surface area contributed by atoms with E-state index in [1.807, 2.05) is 0 Å². The molecule has 1 saturated carbocycles. The van der Waals surface area contributed by atoms with E-state index < -0.39 is 12.3 Å². The Morgan fingerprint density at radius 3 is 2.58 bits per heavy atom. The van der Waals surface area contributed by atoms with Crippen LogP contribution in [-0.4, -0.2) is 94.5 Å². The molecule has 33 heavy (non-hydrogen) atoms. The third kappa shape index (κ3) is 2.47. The zero-order valence-corrected chi connectivity index (χ0v) is 20.6. The largest absolute Gasteiger partial charge is 0.392 e. The van der Waals surface area contributed by atoms with E-state index in [1.54, 1.807) is 0 Å². The van der Waals surface area contributed by atoms with Crippen LogP contribution >= 0.6 is 0 Å². The number of para-hydroxylation sites is 1. The number of nitrogens with zero attached hydrogens (tertiary/aromatic N) is 3. The summed E-state index contributed by atoms with van der Waals surface area (Å²) in [5.74, 6) is 0.785. The number of benzene rings is 1. The van der Waals surface area contributed by atoms with Gasteiger partial charge >= 0.3 is 0 Å². The number of fused-ring (bicyclic) bond motifs is 2. The predicted molar refractivity (Wildman–Crippen MR) is 129 cm³/mol. The molecular weight excluding hydrogens is 414 g/mol. The van der Waals surface area contributed by atoms with Gasteiger partial charge in [0.05, 0.1) is 23.6 Å². The summed E-state index contributed by atoms with van der Waals surface area (Å²) in [6, 6.07) is 9.31. The predicted octanol–water partition coefficient (Wildman–Crippen LogP) is 1.77. The summed E-state index contributed by atoms with van der Waals surface area (Å²) < 4.78 is 0.601. The van der Waals surface area contributed by atoms with Crippen LogP contribution in [-0.2, 0) is 5.41 Å². The standard InChI is InChI=1S/C27H42N3O3/c1-5-17-18-12-21-24-27(19-10-8-9-11-20(19)28(24)4)13-22(23(18)25(27)32)30(21,26(17)33)15-16(31)14-29(6-2)7-3/h8-11,16-18,21-26,31-33H,5-7,12-15H2,1-4H3/q+1/t16?,17-,18-,21-,22-,23-,24-,25+,26+,27+,30?/m0/s1. The Hall–Kier alpha value is -1.18. The normalized spacial score (nSPS) is 47.3. The highest BCUT2D eigenvalue weighted by atomic mass is 16.3. The van der Waals surface area contributed by atoms with Gasteiger partial charge in [0.2, 0.25) is 0 Å². The average Bonchev–Trinajstić information content (AvgIpc) is 3.20. The number of anilines is 1. The van der Waals surface area contributed by atoms with Gasteiger partial charge in [-0.05, 0) is 37.1 Å². The first-order valence-corrected chi connectivity index (χ1v) is 13.3. The minimum absolute atomic E-state index is 0.171. The van der Waals surface area contributed by atoms with Crippen molar-refractivity contribution in [2.24, 2.45) is 17.8 Å². The summed E-state index contributed by atoms with van der Waals surface area (Å²) in [7, 11) is 2.19. The number of rotatable bonds is 7. The highest BCUT2D eigenvalue weighted by molar-refractivity contribution is 5.66. The smallest absolute Gasteiger partial charge is 0.194 e. The van der Waals surface area contributed by atoms with Crippen molar-refractivity contribution in [3.8, 4) is 0 Å². The second kappa shape index (κ2) is 7.41. The number of piperidine rings is 4. The van der Waals surface area contributed by atoms with Crippen LogP contribution in [0.25, 0.3) is 0 Å². The Bertz CT molecular complexity index is 924. The maximum absolute atomic E-state index is 12.1. The van der Waals surface area contributed by atoms with Crippen molar-refractivity contribution in [3.05, 3.63) is 29.8 Å². The van der Waals surface area contributed by atoms with Gasteiger partial charge in [-0.25, -0.2) is 0 Å². The second-order valence-corrected chi connectivity index (χ2v) is 11.7. The summed E-state index contributed by atoms with van der Waals surface area (Å²) in [5, 5.41) is 35.5. The number of aliphatic hydroxyl groups excluding tert-OH is 3. The fourth-order valence-electron chi connectivity index (χ4n) is 9.96. The van der Waals surface area contributed by atoms with Crippen molar-refractivity contribution < 1.29 is 19.8 Å². The zero-order valence-electron chi connectivity index (χ0n) is 20.6. The van der Waals surface area contributed by atoms with Crippen LogP contribution in [0.3, 0.4) is 0 Å². The van der Waals surface area contributed by atoms with E-state index in [-0.39, 0.29) is 41.5 Å². The van der Waals surface area contributed by atoms with Crippen molar-refractivity contribution in [2.75, 3.05) is 38.1 Å².